The van der Waals surface area contributed by atoms with Crippen LogP contribution in [-0.2, 0) is 0 Å². The number of rotatable bonds is 4. The molecule has 0 heterocycles. The smallest absolute Gasteiger partial charge is 0.254 e. The first-order valence-electron chi connectivity index (χ1n) is 5.08. The number of hydrogen-bond donors (Lipinski definition) is 3. The lowest BCUT2D eigenvalue weighted by molar-refractivity contribution is 0.0731. The zero-order chi connectivity index (χ0) is 12.1. The lowest BCUT2D eigenvalue weighted by Gasteiger charge is -2.19. The molecule has 0 aromatic heterocycles. The van der Waals surface area contributed by atoms with E-state index in [1.165, 1.54) is 17.0 Å². The standard InChI is InChI=1S/C11H16N2O3/c1-2-13(5-6-14)11(16)8-3-4-9(12)10(15)7-8/h3-4,7,14-15H,2,5-6,12H2,1H3. The molecular formula is C11H16N2O3. The number of nitrogens with zero attached hydrogens (tertiary/aromatic N) is 1. The van der Waals surface area contributed by atoms with Gasteiger partial charge in [0.05, 0.1) is 12.3 Å². The lowest BCUT2D eigenvalue weighted by atomic mass is 10.1. The molecule has 0 atom stereocenters. The van der Waals surface area contributed by atoms with Gasteiger partial charge in [-0.05, 0) is 25.1 Å². The number of nitrogens with two attached hydrogens (primary N) is 1. The van der Waals surface area contributed by atoms with Crippen molar-refractivity contribution in [2.75, 3.05) is 25.4 Å². The van der Waals surface area contributed by atoms with Crippen molar-refractivity contribution in [1.29, 1.82) is 0 Å². The number of phenols is 1. The predicted octanol–water partition coefficient (Wildman–Crippen LogP) is 0.429. The zero-order valence-corrected chi connectivity index (χ0v) is 9.18. The van der Waals surface area contributed by atoms with E-state index in [0.717, 1.165) is 0 Å². The van der Waals surface area contributed by atoms with E-state index in [4.69, 9.17) is 10.8 Å². The van der Waals surface area contributed by atoms with Crippen molar-refractivity contribution in [1.82, 2.24) is 4.90 Å². The molecule has 0 bridgehead atoms. The SMILES string of the molecule is CCN(CCO)C(=O)c1ccc(N)c(O)c1. The number of amides is 1. The maximum atomic E-state index is 11.9. The number of carbonyl (C=O) groups excluding carboxylic acids is 1. The molecule has 5 heteroatoms. The highest BCUT2D eigenvalue weighted by Gasteiger charge is 2.14. The Bertz CT molecular complexity index is 379. The Hall–Kier alpha value is -1.75. The van der Waals surface area contributed by atoms with Gasteiger partial charge < -0.3 is 20.8 Å². The Balaban J connectivity index is 2.90. The van der Waals surface area contributed by atoms with Crippen molar-refractivity contribution in [3.63, 3.8) is 0 Å². The molecule has 0 aliphatic heterocycles. The van der Waals surface area contributed by atoms with Crippen LogP contribution >= 0.6 is 0 Å². The predicted molar refractivity (Wildman–Crippen MR) is 61.2 cm³/mol. The van der Waals surface area contributed by atoms with Gasteiger partial charge in [-0.25, -0.2) is 0 Å². The second-order valence-corrected chi connectivity index (χ2v) is 3.38. The van der Waals surface area contributed by atoms with Gasteiger partial charge in [-0.2, -0.15) is 0 Å². The first-order valence-corrected chi connectivity index (χ1v) is 5.08. The van der Waals surface area contributed by atoms with Gasteiger partial charge in [0.1, 0.15) is 5.75 Å². The van der Waals surface area contributed by atoms with Crippen molar-refractivity contribution in [2.45, 2.75) is 6.92 Å². The van der Waals surface area contributed by atoms with E-state index >= 15 is 0 Å². The Morgan fingerprint density at radius 3 is 2.69 bits per heavy atom. The summed E-state index contributed by atoms with van der Waals surface area (Å²) in [7, 11) is 0. The molecule has 16 heavy (non-hydrogen) atoms. The fraction of sp³-hybridized carbons (Fsp3) is 0.364. The Kier molecular flexibility index (Phi) is 4.13. The topological polar surface area (TPSA) is 86.8 Å². The average molecular weight is 224 g/mol. The van der Waals surface area contributed by atoms with Crippen LogP contribution in [0, 0.1) is 0 Å². The summed E-state index contributed by atoms with van der Waals surface area (Å²) in [6.07, 6.45) is 0. The van der Waals surface area contributed by atoms with Gasteiger partial charge in [-0.3, -0.25) is 4.79 Å². The summed E-state index contributed by atoms with van der Waals surface area (Å²) in [5, 5.41) is 18.2. The van der Waals surface area contributed by atoms with Gasteiger partial charge >= 0.3 is 0 Å². The molecular weight excluding hydrogens is 208 g/mol. The van der Waals surface area contributed by atoms with E-state index in [1.54, 1.807) is 6.07 Å². The molecule has 0 spiro atoms. The van der Waals surface area contributed by atoms with Crippen molar-refractivity contribution in [3.8, 4) is 5.75 Å². The highest BCUT2D eigenvalue weighted by atomic mass is 16.3. The number of likely N-dealkylation sites (N-methyl/N-ethyl adjacent to an activating group) is 1. The van der Waals surface area contributed by atoms with Crippen LogP contribution in [-0.4, -0.2) is 40.7 Å². The molecule has 1 rings (SSSR count). The fourth-order valence-electron chi connectivity index (χ4n) is 1.38. The Morgan fingerprint density at radius 2 is 2.19 bits per heavy atom. The highest BCUT2D eigenvalue weighted by molar-refractivity contribution is 5.95. The fourth-order valence-corrected chi connectivity index (χ4v) is 1.38. The van der Waals surface area contributed by atoms with E-state index in [1.807, 2.05) is 6.92 Å². The maximum Gasteiger partial charge on any atom is 0.254 e. The molecule has 0 fully saturated rings. The Labute approximate surface area is 94.1 Å². The third kappa shape index (κ3) is 2.64. The maximum absolute atomic E-state index is 11.9. The van der Waals surface area contributed by atoms with Gasteiger partial charge in [-0.1, -0.05) is 0 Å². The minimum atomic E-state index is -0.230. The molecule has 1 aromatic rings. The summed E-state index contributed by atoms with van der Waals surface area (Å²) in [6, 6.07) is 4.37. The van der Waals surface area contributed by atoms with Crippen LogP contribution in [0.4, 0.5) is 5.69 Å². The molecule has 0 radical (unpaired) electrons. The van der Waals surface area contributed by atoms with Crippen LogP contribution in [0.5, 0.6) is 5.75 Å². The number of carbonyl (C=O) groups is 1. The number of phenolic OH excluding ortho intramolecular Hbond substituents is 1. The minimum Gasteiger partial charge on any atom is -0.506 e. The number of aliphatic hydroxyl groups excluding tert-OH is 1. The molecule has 0 aliphatic rings. The van der Waals surface area contributed by atoms with Crippen LogP contribution in [0.15, 0.2) is 18.2 Å². The second kappa shape index (κ2) is 5.37. The molecule has 1 amide bonds. The lowest BCUT2D eigenvalue weighted by Crippen LogP contribution is -2.33. The molecule has 1 aromatic carbocycles. The van der Waals surface area contributed by atoms with Crippen molar-refractivity contribution in [2.24, 2.45) is 0 Å². The van der Waals surface area contributed by atoms with Gasteiger partial charge in [0.15, 0.2) is 0 Å². The monoisotopic (exact) mass is 224 g/mol. The van der Waals surface area contributed by atoms with E-state index in [-0.39, 0.29) is 30.5 Å². The number of nitrogen functional groups attached to an aromatic ring is 1. The number of hydrogen-bond acceptors (Lipinski definition) is 4. The van der Waals surface area contributed by atoms with Crippen molar-refractivity contribution < 1.29 is 15.0 Å². The molecule has 5 nitrogen and oxygen atoms in total. The largest absolute Gasteiger partial charge is 0.506 e. The van der Waals surface area contributed by atoms with Crippen LogP contribution in [0.1, 0.15) is 17.3 Å². The normalized spacial score (nSPS) is 10.1. The van der Waals surface area contributed by atoms with Gasteiger partial charge in [0.2, 0.25) is 0 Å². The molecule has 4 N–H and O–H groups in total. The van der Waals surface area contributed by atoms with Gasteiger partial charge in [0.25, 0.3) is 5.91 Å². The van der Waals surface area contributed by atoms with E-state index < -0.39 is 0 Å². The molecule has 0 saturated heterocycles. The third-order valence-corrected chi connectivity index (χ3v) is 2.32. The minimum absolute atomic E-state index is 0.0828. The molecule has 0 unspecified atom stereocenters. The van der Waals surface area contributed by atoms with Crippen LogP contribution in [0.2, 0.25) is 0 Å². The quantitative estimate of drug-likeness (QED) is 0.511. The summed E-state index contributed by atoms with van der Waals surface area (Å²) in [4.78, 5) is 13.4. The third-order valence-electron chi connectivity index (χ3n) is 2.32. The van der Waals surface area contributed by atoms with Crippen LogP contribution in [0.3, 0.4) is 0 Å². The van der Waals surface area contributed by atoms with Gasteiger partial charge in [0, 0.05) is 18.7 Å². The van der Waals surface area contributed by atoms with Crippen molar-refractivity contribution >= 4 is 11.6 Å². The highest BCUT2D eigenvalue weighted by Crippen LogP contribution is 2.21. The number of anilines is 1. The van der Waals surface area contributed by atoms with E-state index in [9.17, 15) is 9.90 Å². The van der Waals surface area contributed by atoms with Crippen molar-refractivity contribution in [3.05, 3.63) is 23.8 Å². The summed E-state index contributed by atoms with van der Waals surface area (Å²) >= 11 is 0. The summed E-state index contributed by atoms with van der Waals surface area (Å²) in [6.45, 7) is 2.52. The summed E-state index contributed by atoms with van der Waals surface area (Å²) in [5.74, 6) is -0.335. The molecule has 0 saturated carbocycles. The number of aromatic hydroxyl groups is 1. The molecule has 88 valence electrons. The van der Waals surface area contributed by atoms with Crippen LogP contribution in [0.25, 0.3) is 0 Å². The first kappa shape index (κ1) is 12.3. The first-order chi connectivity index (χ1) is 7.60. The van der Waals surface area contributed by atoms with Gasteiger partial charge in [-0.15, -0.1) is 0 Å². The summed E-state index contributed by atoms with van der Waals surface area (Å²) < 4.78 is 0. The zero-order valence-electron chi connectivity index (χ0n) is 9.18. The van der Waals surface area contributed by atoms with Crippen LogP contribution < -0.4 is 5.73 Å². The summed E-state index contributed by atoms with van der Waals surface area (Å²) in [5.41, 5.74) is 6.04. The number of benzene rings is 1. The molecule has 0 aliphatic carbocycles. The van der Waals surface area contributed by atoms with E-state index in [2.05, 4.69) is 0 Å². The Morgan fingerprint density at radius 1 is 1.50 bits per heavy atom. The van der Waals surface area contributed by atoms with E-state index in [0.29, 0.717) is 12.1 Å². The second-order valence-electron chi connectivity index (χ2n) is 3.38. The average Bonchev–Trinajstić information content (AvgIpc) is 2.28. The number of aliphatic hydroxyl groups is 1.